The first-order chi connectivity index (χ1) is 12.8. The predicted molar refractivity (Wildman–Crippen MR) is 103 cm³/mol. The van der Waals surface area contributed by atoms with Crippen LogP contribution in [0.1, 0.15) is 23.0 Å². The molecule has 0 spiro atoms. The standard InChI is InChI=1S/C19H22ClN3O4/c1-4-23(11-17(24)21-15-10-14(20)8-7-13(15)2)18(25)12-27-19(26)16-6-5-9-22(16)3/h5-10H,4,11-12H2,1-3H3,(H,21,24). The van der Waals surface area contributed by atoms with E-state index in [-0.39, 0.29) is 12.5 Å². The summed E-state index contributed by atoms with van der Waals surface area (Å²) in [6.07, 6.45) is 1.71. The van der Waals surface area contributed by atoms with E-state index >= 15 is 0 Å². The van der Waals surface area contributed by atoms with Gasteiger partial charge in [-0.2, -0.15) is 0 Å². The molecule has 0 unspecified atom stereocenters. The average molecular weight is 392 g/mol. The molecular weight excluding hydrogens is 370 g/mol. The Balaban J connectivity index is 1.90. The number of nitrogens with one attached hydrogen (secondary N) is 1. The first-order valence-corrected chi connectivity index (χ1v) is 8.81. The Hall–Kier alpha value is -2.80. The van der Waals surface area contributed by atoms with E-state index in [9.17, 15) is 14.4 Å². The normalized spacial score (nSPS) is 10.4. The zero-order valence-corrected chi connectivity index (χ0v) is 16.2. The van der Waals surface area contributed by atoms with Crippen molar-refractivity contribution in [3.05, 3.63) is 52.8 Å². The molecule has 0 aliphatic heterocycles. The lowest BCUT2D eigenvalue weighted by Gasteiger charge is -2.20. The molecule has 1 N–H and O–H groups in total. The Kier molecular flexibility index (Phi) is 7.01. The number of hydrogen-bond acceptors (Lipinski definition) is 4. The SMILES string of the molecule is CCN(CC(=O)Nc1cc(Cl)ccc1C)C(=O)COC(=O)c1cccn1C. The summed E-state index contributed by atoms with van der Waals surface area (Å²) in [6, 6.07) is 8.48. The number of aromatic nitrogens is 1. The van der Waals surface area contributed by atoms with Crippen LogP contribution >= 0.6 is 11.6 Å². The zero-order chi connectivity index (χ0) is 20.0. The monoisotopic (exact) mass is 391 g/mol. The number of likely N-dealkylation sites (N-methyl/N-ethyl adjacent to an activating group) is 1. The van der Waals surface area contributed by atoms with E-state index in [0.717, 1.165) is 5.56 Å². The lowest BCUT2D eigenvalue weighted by atomic mass is 10.2. The lowest BCUT2D eigenvalue weighted by Crippen LogP contribution is -2.40. The number of carbonyl (C=O) groups is 3. The van der Waals surface area contributed by atoms with Crippen LogP contribution < -0.4 is 5.32 Å². The summed E-state index contributed by atoms with van der Waals surface area (Å²) in [5.41, 5.74) is 1.80. The summed E-state index contributed by atoms with van der Waals surface area (Å²) < 4.78 is 6.65. The summed E-state index contributed by atoms with van der Waals surface area (Å²) in [5, 5.41) is 3.24. The molecule has 144 valence electrons. The van der Waals surface area contributed by atoms with Gasteiger partial charge in [0, 0.05) is 30.5 Å². The topological polar surface area (TPSA) is 80.6 Å². The fourth-order valence-corrected chi connectivity index (χ4v) is 2.61. The highest BCUT2D eigenvalue weighted by Gasteiger charge is 2.19. The number of esters is 1. The second kappa shape index (κ2) is 9.23. The van der Waals surface area contributed by atoms with Gasteiger partial charge in [0.05, 0.1) is 6.54 Å². The van der Waals surface area contributed by atoms with Gasteiger partial charge in [-0.05, 0) is 43.7 Å². The van der Waals surface area contributed by atoms with E-state index in [1.807, 2.05) is 6.92 Å². The van der Waals surface area contributed by atoms with Crippen LogP contribution in [-0.2, 0) is 21.4 Å². The van der Waals surface area contributed by atoms with Gasteiger partial charge in [-0.15, -0.1) is 0 Å². The van der Waals surface area contributed by atoms with Crippen LogP contribution in [0.4, 0.5) is 5.69 Å². The maximum atomic E-state index is 12.3. The number of benzene rings is 1. The van der Waals surface area contributed by atoms with Crippen LogP contribution in [0.15, 0.2) is 36.5 Å². The molecule has 0 radical (unpaired) electrons. The molecule has 1 heterocycles. The highest BCUT2D eigenvalue weighted by atomic mass is 35.5. The van der Waals surface area contributed by atoms with Crippen LogP contribution in [0.25, 0.3) is 0 Å². The van der Waals surface area contributed by atoms with E-state index in [1.165, 1.54) is 4.90 Å². The summed E-state index contributed by atoms with van der Waals surface area (Å²) in [6.45, 7) is 3.32. The predicted octanol–water partition coefficient (Wildman–Crippen LogP) is 2.63. The third kappa shape index (κ3) is 5.59. The zero-order valence-electron chi connectivity index (χ0n) is 15.5. The van der Waals surface area contributed by atoms with Gasteiger partial charge in [0.25, 0.3) is 5.91 Å². The summed E-state index contributed by atoms with van der Waals surface area (Å²) >= 11 is 5.94. The van der Waals surface area contributed by atoms with Crippen molar-refractivity contribution in [1.82, 2.24) is 9.47 Å². The van der Waals surface area contributed by atoms with Gasteiger partial charge in [-0.3, -0.25) is 9.59 Å². The molecule has 0 aliphatic carbocycles. The summed E-state index contributed by atoms with van der Waals surface area (Å²) in [4.78, 5) is 37.8. The van der Waals surface area contributed by atoms with Crippen LogP contribution in [0, 0.1) is 6.92 Å². The molecule has 2 amide bonds. The molecule has 0 bridgehead atoms. The minimum absolute atomic E-state index is 0.150. The van der Waals surface area contributed by atoms with E-state index in [1.54, 1.807) is 55.1 Å². The van der Waals surface area contributed by atoms with Gasteiger partial charge in [0.15, 0.2) is 6.61 Å². The van der Waals surface area contributed by atoms with Gasteiger partial charge >= 0.3 is 5.97 Å². The number of amides is 2. The highest BCUT2D eigenvalue weighted by Crippen LogP contribution is 2.20. The fourth-order valence-electron chi connectivity index (χ4n) is 2.43. The van der Waals surface area contributed by atoms with Gasteiger partial charge < -0.3 is 19.5 Å². The minimum Gasteiger partial charge on any atom is -0.451 e. The number of rotatable bonds is 7. The molecule has 1 aromatic carbocycles. The van der Waals surface area contributed by atoms with Crippen molar-refractivity contribution in [3.8, 4) is 0 Å². The Labute approximate surface area is 162 Å². The number of hydrogen-bond donors (Lipinski definition) is 1. The molecule has 8 heteroatoms. The maximum absolute atomic E-state index is 12.3. The first-order valence-electron chi connectivity index (χ1n) is 8.44. The molecule has 0 fully saturated rings. The molecule has 2 rings (SSSR count). The molecule has 1 aromatic heterocycles. The van der Waals surface area contributed by atoms with Gasteiger partial charge in [-0.25, -0.2) is 4.79 Å². The lowest BCUT2D eigenvalue weighted by molar-refractivity contribution is -0.137. The molecule has 2 aromatic rings. The molecule has 7 nitrogen and oxygen atoms in total. The minimum atomic E-state index is -0.592. The summed E-state index contributed by atoms with van der Waals surface area (Å²) in [5.74, 6) is -1.40. The highest BCUT2D eigenvalue weighted by molar-refractivity contribution is 6.31. The van der Waals surface area contributed by atoms with Crippen LogP contribution in [-0.4, -0.2) is 46.9 Å². The summed E-state index contributed by atoms with van der Waals surface area (Å²) in [7, 11) is 1.71. The second-order valence-electron chi connectivity index (χ2n) is 6.00. The number of anilines is 1. The quantitative estimate of drug-likeness (QED) is 0.736. The second-order valence-corrected chi connectivity index (χ2v) is 6.43. The van der Waals surface area contributed by atoms with Gasteiger partial charge in [-0.1, -0.05) is 17.7 Å². The van der Waals surface area contributed by atoms with E-state index < -0.39 is 18.5 Å². The molecule has 0 aliphatic rings. The molecular formula is C19H22ClN3O4. The number of carbonyl (C=O) groups excluding carboxylic acids is 3. The Morgan fingerprint density at radius 2 is 2.00 bits per heavy atom. The van der Waals surface area contributed by atoms with Crippen molar-refractivity contribution < 1.29 is 19.1 Å². The van der Waals surface area contributed by atoms with Crippen molar-refractivity contribution in [2.45, 2.75) is 13.8 Å². The van der Waals surface area contributed by atoms with Crippen molar-refractivity contribution in [1.29, 1.82) is 0 Å². The van der Waals surface area contributed by atoms with Gasteiger partial charge in [0.1, 0.15) is 5.69 Å². The largest absolute Gasteiger partial charge is 0.451 e. The number of nitrogens with zero attached hydrogens (tertiary/aromatic N) is 2. The maximum Gasteiger partial charge on any atom is 0.355 e. The Morgan fingerprint density at radius 1 is 1.26 bits per heavy atom. The molecule has 27 heavy (non-hydrogen) atoms. The van der Waals surface area contributed by atoms with E-state index in [4.69, 9.17) is 16.3 Å². The van der Waals surface area contributed by atoms with Crippen LogP contribution in [0.5, 0.6) is 0 Å². The number of aryl methyl sites for hydroxylation is 2. The van der Waals surface area contributed by atoms with Crippen molar-refractivity contribution in [2.24, 2.45) is 7.05 Å². The van der Waals surface area contributed by atoms with Crippen LogP contribution in [0.2, 0.25) is 5.02 Å². The van der Waals surface area contributed by atoms with Crippen molar-refractivity contribution >= 4 is 35.1 Å². The number of halogens is 1. The molecule has 0 saturated heterocycles. The number of ether oxygens (including phenoxy) is 1. The Morgan fingerprint density at radius 3 is 2.63 bits per heavy atom. The average Bonchev–Trinajstić information content (AvgIpc) is 3.06. The third-order valence-electron chi connectivity index (χ3n) is 4.02. The van der Waals surface area contributed by atoms with Gasteiger partial charge in [0.2, 0.25) is 5.91 Å². The van der Waals surface area contributed by atoms with Crippen molar-refractivity contribution in [2.75, 3.05) is 25.0 Å². The fraction of sp³-hybridized carbons (Fsp3) is 0.316. The van der Waals surface area contributed by atoms with E-state index in [0.29, 0.717) is 22.9 Å². The Bertz CT molecular complexity index is 847. The first kappa shape index (κ1) is 20.5. The van der Waals surface area contributed by atoms with E-state index in [2.05, 4.69) is 5.32 Å². The third-order valence-corrected chi connectivity index (χ3v) is 4.26. The molecule has 0 saturated carbocycles. The van der Waals surface area contributed by atoms with Crippen LogP contribution in [0.3, 0.4) is 0 Å². The molecule has 0 atom stereocenters. The smallest absolute Gasteiger partial charge is 0.355 e. The van der Waals surface area contributed by atoms with Crippen molar-refractivity contribution in [3.63, 3.8) is 0 Å².